The van der Waals surface area contributed by atoms with Gasteiger partial charge in [0, 0.05) is 17.0 Å². The van der Waals surface area contributed by atoms with Crippen LogP contribution < -0.4 is 10.2 Å². The second-order valence-electron chi connectivity index (χ2n) is 5.98. The van der Waals surface area contributed by atoms with Crippen molar-refractivity contribution >= 4 is 40.9 Å². The molecule has 0 saturated heterocycles. The van der Waals surface area contributed by atoms with Gasteiger partial charge in [-0.15, -0.1) is 11.8 Å². The molecule has 3 rings (SSSR count). The van der Waals surface area contributed by atoms with Crippen molar-refractivity contribution in [3.63, 3.8) is 0 Å². The van der Waals surface area contributed by atoms with E-state index in [9.17, 15) is 9.59 Å². The molecular formula is C21H19ClN2O3S. The van der Waals surface area contributed by atoms with Crippen LogP contribution in [0.2, 0.25) is 5.02 Å². The number of carbonyl (C=O) groups excluding carboxylic acids is 2. The molecule has 0 aliphatic carbocycles. The third-order valence-corrected chi connectivity index (χ3v) is 5.26. The van der Waals surface area contributed by atoms with E-state index in [4.69, 9.17) is 16.0 Å². The number of carbonyl (C=O) groups is 2. The van der Waals surface area contributed by atoms with E-state index in [0.29, 0.717) is 22.0 Å². The molecule has 3 aromatic rings. The lowest BCUT2D eigenvalue weighted by atomic mass is 10.1. The van der Waals surface area contributed by atoms with E-state index >= 15 is 0 Å². The number of nitrogens with zero attached hydrogens (tertiary/aromatic N) is 1. The van der Waals surface area contributed by atoms with E-state index in [1.54, 1.807) is 55.8 Å². The van der Waals surface area contributed by atoms with Gasteiger partial charge in [0.25, 0.3) is 5.91 Å². The number of hydrogen-bond acceptors (Lipinski definition) is 4. The number of halogens is 1. The van der Waals surface area contributed by atoms with Gasteiger partial charge in [-0.2, -0.15) is 0 Å². The van der Waals surface area contributed by atoms with Gasteiger partial charge in [-0.05, 0) is 42.5 Å². The number of amides is 2. The van der Waals surface area contributed by atoms with Gasteiger partial charge in [0.05, 0.1) is 29.8 Å². The Hall–Kier alpha value is -2.70. The predicted octanol–water partition coefficient (Wildman–Crippen LogP) is 4.62. The number of nitrogens with one attached hydrogen (secondary N) is 1. The molecule has 28 heavy (non-hydrogen) atoms. The third kappa shape index (κ3) is 5.18. The summed E-state index contributed by atoms with van der Waals surface area (Å²) in [4.78, 5) is 27.7. The Bertz CT molecular complexity index is 960. The van der Waals surface area contributed by atoms with Crippen LogP contribution in [-0.2, 0) is 11.3 Å². The Morgan fingerprint density at radius 3 is 2.68 bits per heavy atom. The smallest absolute Gasteiger partial charge is 0.253 e. The molecule has 2 amide bonds. The van der Waals surface area contributed by atoms with Crippen molar-refractivity contribution in [2.24, 2.45) is 0 Å². The van der Waals surface area contributed by atoms with E-state index in [2.05, 4.69) is 5.32 Å². The van der Waals surface area contributed by atoms with Crippen LogP contribution >= 0.6 is 23.4 Å². The van der Waals surface area contributed by atoms with Gasteiger partial charge in [0.15, 0.2) is 0 Å². The monoisotopic (exact) mass is 414 g/mol. The van der Waals surface area contributed by atoms with E-state index in [0.717, 1.165) is 4.90 Å². The van der Waals surface area contributed by atoms with Gasteiger partial charge in [-0.3, -0.25) is 9.59 Å². The highest BCUT2D eigenvalue weighted by Crippen LogP contribution is 2.24. The van der Waals surface area contributed by atoms with Crippen LogP contribution in [0, 0.1) is 0 Å². The summed E-state index contributed by atoms with van der Waals surface area (Å²) in [7, 11) is 1.67. The Labute approximate surface area is 172 Å². The van der Waals surface area contributed by atoms with Crippen LogP contribution in [0.5, 0.6) is 0 Å². The lowest BCUT2D eigenvalue weighted by Crippen LogP contribution is -2.31. The summed E-state index contributed by atoms with van der Waals surface area (Å²) in [5.74, 6) is 0.512. The standard InChI is InChI=1S/C21H19ClN2O3S/c1-24(20(25)14-28-17-8-4-6-15(22)12-17)19-10-3-2-9-18(19)21(26)23-13-16-7-5-11-27-16/h2-12H,13-14H2,1H3,(H,23,26). The molecule has 0 unspecified atom stereocenters. The van der Waals surface area contributed by atoms with Gasteiger partial charge in [-0.1, -0.05) is 29.8 Å². The second kappa shape index (κ2) is 9.48. The van der Waals surface area contributed by atoms with Gasteiger partial charge in [-0.25, -0.2) is 0 Å². The molecule has 0 fully saturated rings. The molecular weight excluding hydrogens is 396 g/mol. The molecule has 1 aromatic heterocycles. The Morgan fingerprint density at radius 1 is 1.11 bits per heavy atom. The summed E-state index contributed by atoms with van der Waals surface area (Å²) in [6.45, 7) is 0.280. The van der Waals surface area contributed by atoms with E-state index in [1.807, 2.05) is 18.2 Å². The molecule has 2 aromatic carbocycles. The maximum absolute atomic E-state index is 12.6. The quantitative estimate of drug-likeness (QED) is 0.573. The molecule has 0 radical (unpaired) electrons. The molecule has 7 heteroatoms. The number of benzene rings is 2. The van der Waals surface area contributed by atoms with E-state index in [1.165, 1.54) is 16.7 Å². The highest BCUT2D eigenvalue weighted by molar-refractivity contribution is 8.00. The summed E-state index contributed by atoms with van der Waals surface area (Å²) in [6.07, 6.45) is 1.56. The first kappa shape index (κ1) is 20.0. The van der Waals surface area contributed by atoms with Gasteiger partial charge >= 0.3 is 0 Å². The van der Waals surface area contributed by atoms with Crippen LogP contribution in [0.3, 0.4) is 0 Å². The Morgan fingerprint density at radius 2 is 1.93 bits per heavy atom. The van der Waals surface area contributed by atoms with Gasteiger partial charge in [0.2, 0.25) is 5.91 Å². The molecule has 0 atom stereocenters. The Kier molecular flexibility index (Phi) is 6.79. The first-order valence-electron chi connectivity index (χ1n) is 8.59. The summed E-state index contributed by atoms with van der Waals surface area (Å²) in [5, 5.41) is 3.44. The second-order valence-corrected chi connectivity index (χ2v) is 7.46. The van der Waals surface area contributed by atoms with Gasteiger partial charge in [0.1, 0.15) is 5.76 Å². The van der Waals surface area contributed by atoms with Crippen molar-refractivity contribution in [3.8, 4) is 0 Å². The first-order chi connectivity index (χ1) is 13.5. The molecule has 0 saturated carbocycles. The van der Waals surface area contributed by atoms with Crippen molar-refractivity contribution in [1.29, 1.82) is 0 Å². The fourth-order valence-electron chi connectivity index (χ4n) is 2.57. The van der Waals surface area contributed by atoms with Crippen molar-refractivity contribution in [2.75, 3.05) is 17.7 Å². The average Bonchev–Trinajstić information content (AvgIpc) is 3.23. The summed E-state index contributed by atoms with van der Waals surface area (Å²) >= 11 is 7.38. The zero-order chi connectivity index (χ0) is 19.9. The SMILES string of the molecule is CN(C(=O)CSc1cccc(Cl)c1)c1ccccc1C(=O)NCc1ccco1. The van der Waals surface area contributed by atoms with Crippen LogP contribution in [-0.4, -0.2) is 24.6 Å². The van der Waals surface area contributed by atoms with Crippen LogP contribution in [0.15, 0.2) is 76.2 Å². The minimum absolute atomic E-state index is 0.115. The molecule has 1 heterocycles. The van der Waals surface area contributed by atoms with E-state index in [-0.39, 0.29) is 24.1 Å². The number of anilines is 1. The normalized spacial score (nSPS) is 10.5. The number of hydrogen-bond donors (Lipinski definition) is 1. The van der Waals surface area contributed by atoms with Gasteiger partial charge < -0.3 is 14.6 Å². The fourth-order valence-corrected chi connectivity index (χ4v) is 3.69. The lowest BCUT2D eigenvalue weighted by molar-refractivity contribution is -0.115. The molecule has 0 spiro atoms. The van der Waals surface area contributed by atoms with Crippen molar-refractivity contribution in [3.05, 3.63) is 83.3 Å². The first-order valence-corrected chi connectivity index (χ1v) is 9.95. The zero-order valence-corrected chi connectivity index (χ0v) is 16.8. The Balaban J connectivity index is 1.66. The zero-order valence-electron chi connectivity index (χ0n) is 15.2. The number of furan rings is 1. The molecule has 5 nitrogen and oxygen atoms in total. The maximum atomic E-state index is 12.6. The highest BCUT2D eigenvalue weighted by atomic mass is 35.5. The maximum Gasteiger partial charge on any atom is 0.253 e. The van der Waals surface area contributed by atoms with Crippen LogP contribution in [0.1, 0.15) is 16.1 Å². The fraction of sp³-hybridized carbons (Fsp3) is 0.143. The molecule has 0 bridgehead atoms. The molecule has 1 N–H and O–H groups in total. The minimum Gasteiger partial charge on any atom is -0.467 e. The number of rotatable bonds is 7. The van der Waals surface area contributed by atoms with Crippen molar-refractivity contribution in [1.82, 2.24) is 5.32 Å². The predicted molar refractivity (Wildman–Crippen MR) is 112 cm³/mol. The molecule has 144 valence electrons. The summed E-state index contributed by atoms with van der Waals surface area (Å²) in [6, 6.07) is 17.9. The third-order valence-electron chi connectivity index (χ3n) is 4.05. The topological polar surface area (TPSA) is 62.6 Å². The number of para-hydroxylation sites is 1. The minimum atomic E-state index is -0.269. The van der Waals surface area contributed by atoms with Crippen molar-refractivity contribution < 1.29 is 14.0 Å². The van der Waals surface area contributed by atoms with E-state index < -0.39 is 0 Å². The molecule has 0 aliphatic heterocycles. The van der Waals surface area contributed by atoms with Crippen molar-refractivity contribution in [2.45, 2.75) is 11.4 Å². The average molecular weight is 415 g/mol. The van der Waals surface area contributed by atoms with Crippen LogP contribution in [0.25, 0.3) is 0 Å². The summed E-state index contributed by atoms with van der Waals surface area (Å²) < 4.78 is 5.23. The highest BCUT2D eigenvalue weighted by Gasteiger charge is 2.18. The number of thioether (sulfide) groups is 1. The lowest BCUT2D eigenvalue weighted by Gasteiger charge is -2.20. The van der Waals surface area contributed by atoms with Crippen LogP contribution in [0.4, 0.5) is 5.69 Å². The molecule has 0 aliphatic rings. The summed E-state index contributed by atoms with van der Waals surface area (Å²) in [5.41, 5.74) is 0.980. The largest absolute Gasteiger partial charge is 0.467 e.